The lowest BCUT2D eigenvalue weighted by atomic mass is 10.3. The van der Waals surface area contributed by atoms with Crippen molar-refractivity contribution in [2.75, 3.05) is 13.7 Å². The smallest absolute Gasteiger partial charge is 0.256 e. The van der Waals surface area contributed by atoms with Crippen molar-refractivity contribution in [3.63, 3.8) is 0 Å². The Kier molecular flexibility index (Phi) is 5.36. The summed E-state index contributed by atoms with van der Waals surface area (Å²) >= 11 is 4.74. The van der Waals surface area contributed by atoms with Gasteiger partial charge >= 0.3 is 0 Å². The van der Waals surface area contributed by atoms with E-state index in [0.717, 1.165) is 0 Å². The molecule has 4 nitrogen and oxygen atoms in total. The Morgan fingerprint density at radius 1 is 1.67 bits per heavy atom. The molecule has 0 aromatic carbocycles. The zero-order valence-electron chi connectivity index (χ0n) is 7.51. The van der Waals surface area contributed by atoms with Gasteiger partial charge in [0.2, 0.25) is 5.91 Å². The molecule has 0 bridgehead atoms. The van der Waals surface area contributed by atoms with Gasteiger partial charge in [0, 0.05) is 19.5 Å². The summed E-state index contributed by atoms with van der Waals surface area (Å²) in [6, 6.07) is 0.0515. The van der Waals surface area contributed by atoms with Crippen LogP contribution in [-0.4, -0.2) is 30.8 Å². The number of carbonyl (C=O) groups is 1. The van der Waals surface area contributed by atoms with Crippen LogP contribution >= 0.6 is 12.2 Å². The Morgan fingerprint density at radius 3 is 2.67 bits per heavy atom. The van der Waals surface area contributed by atoms with Crippen molar-refractivity contribution in [3.8, 4) is 0 Å². The molecule has 5 heteroatoms. The van der Waals surface area contributed by atoms with E-state index in [-0.39, 0.29) is 11.9 Å². The van der Waals surface area contributed by atoms with E-state index in [1.807, 2.05) is 6.92 Å². The standard InChI is InChI=1S/C7H14N2O2S/c1-5(9-6(2)10)4-8-7(12)11-3/h5H,4H2,1-3H3,(H,8,12)(H,9,10). The Balaban J connectivity index is 3.50. The molecular weight excluding hydrogens is 176 g/mol. The van der Waals surface area contributed by atoms with Crippen LogP contribution in [0.4, 0.5) is 0 Å². The molecule has 0 aromatic rings. The molecule has 0 rings (SSSR count). The van der Waals surface area contributed by atoms with E-state index in [0.29, 0.717) is 11.7 Å². The number of thiocarbonyl (C=S) groups is 1. The fourth-order valence-corrected chi connectivity index (χ4v) is 0.790. The van der Waals surface area contributed by atoms with Crippen LogP contribution in [0.15, 0.2) is 0 Å². The van der Waals surface area contributed by atoms with Crippen LogP contribution in [0.3, 0.4) is 0 Å². The third-order valence-corrected chi connectivity index (χ3v) is 1.50. The lowest BCUT2D eigenvalue weighted by Crippen LogP contribution is -2.40. The molecule has 2 N–H and O–H groups in total. The van der Waals surface area contributed by atoms with Gasteiger partial charge in [0.1, 0.15) is 0 Å². The van der Waals surface area contributed by atoms with Gasteiger partial charge in [-0.3, -0.25) is 4.79 Å². The second-order valence-electron chi connectivity index (χ2n) is 2.47. The predicted molar refractivity (Wildman–Crippen MR) is 50.9 cm³/mol. The number of nitrogens with one attached hydrogen (secondary N) is 2. The Hall–Kier alpha value is -0.840. The number of ether oxygens (including phenoxy) is 1. The van der Waals surface area contributed by atoms with Crippen LogP contribution in [0.25, 0.3) is 0 Å². The molecule has 70 valence electrons. The summed E-state index contributed by atoms with van der Waals surface area (Å²) in [6.07, 6.45) is 0. The molecule has 0 aliphatic rings. The fraction of sp³-hybridized carbons (Fsp3) is 0.714. The van der Waals surface area contributed by atoms with Crippen LogP contribution in [0.2, 0.25) is 0 Å². The van der Waals surface area contributed by atoms with Gasteiger partial charge in [-0.25, -0.2) is 0 Å². The van der Waals surface area contributed by atoms with Gasteiger partial charge in [0.15, 0.2) is 0 Å². The average Bonchev–Trinajstić information content (AvgIpc) is 1.99. The van der Waals surface area contributed by atoms with Crippen LogP contribution in [0.5, 0.6) is 0 Å². The molecule has 0 fully saturated rings. The van der Waals surface area contributed by atoms with E-state index in [1.54, 1.807) is 0 Å². The Bertz CT molecular complexity index is 173. The predicted octanol–water partition coefficient (Wildman–Crippen LogP) is 0.0319. The maximum Gasteiger partial charge on any atom is 0.256 e. The van der Waals surface area contributed by atoms with Gasteiger partial charge in [-0.15, -0.1) is 0 Å². The van der Waals surface area contributed by atoms with Crippen molar-refractivity contribution in [2.24, 2.45) is 0 Å². The first-order valence-corrected chi connectivity index (χ1v) is 4.06. The molecule has 0 radical (unpaired) electrons. The van der Waals surface area contributed by atoms with Gasteiger partial charge in [-0.1, -0.05) is 0 Å². The number of methoxy groups -OCH3 is 1. The molecule has 0 aromatic heterocycles. The first-order valence-electron chi connectivity index (χ1n) is 3.65. The van der Waals surface area contributed by atoms with Gasteiger partial charge in [0.25, 0.3) is 5.17 Å². The van der Waals surface area contributed by atoms with Crippen molar-refractivity contribution < 1.29 is 9.53 Å². The third-order valence-electron chi connectivity index (χ3n) is 1.19. The summed E-state index contributed by atoms with van der Waals surface area (Å²) in [5.74, 6) is -0.0485. The summed E-state index contributed by atoms with van der Waals surface area (Å²) in [7, 11) is 1.50. The molecule has 12 heavy (non-hydrogen) atoms. The number of amides is 1. The monoisotopic (exact) mass is 190 g/mol. The van der Waals surface area contributed by atoms with Gasteiger partial charge < -0.3 is 15.4 Å². The molecular formula is C7H14N2O2S. The van der Waals surface area contributed by atoms with E-state index in [2.05, 4.69) is 10.6 Å². The van der Waals surface area contributed by atoms with Crippen LogP contribution in [0.1, 0.15) is 13.8 Å². The van der Waals surface area contributed by atoms with Crippen molar-refractivity contribution in [3.05, 3.63) is 0 Å². The molecule has 0 saturated heterocycles. The third kappa shape index (κ3) is 5.91. The van der Waals surface area contributed by atoms with Crippen molar-refractivity contribution >= 4 is 23.3 Å². The second-order valence-corrected chi connectivity index (χ2v) is 2.84. The molecule has 0 saturated carbocycles. The van der Waals surface area contributed by atoms with Gasteiger partial charge in [-0.2, -0.15) is 0 Å². The summed E-state index contributed by atoms with van der Waals surface area (Å²) in [5, 5.41) is 5.88. The fourth-order valence-electron chi connectivity index (χ4n) is 0.707. The Morgan fingerprint density at radius 2 is 2.25 bits per heavy atom. The quantitative estimate of drug-likeness (QED) is 0.617. The highest BCUT2D eigenvalue weighted by Gasteiger charge is 2.02. The second kappa shape index (κ2) is 5.77. The zero-order valence-corrected chi connectivity index (χ0v) is 8.33. The Labute approximate surface area is 77.7 Å². The molecule has 0 aliphatic heterocycles. The van der Waals surface area contributed by atoms with Gasteiger partial charge in [-0.05, 0) is 19.1 Å². The lowest BCUT2D eigenvalue weighted by Gasteiger charge is -2.13. The number of rotatable bonds is 3. The molecule has 1 atom stereocenters. The lowest BCUT2D eigenvalue weighted by molar-refractivity contribution is -0.119. The molecule has 0 aliphatic carbocycles. The summed E-state index contributed by atoms with van der Waals surface area (Å²) in [5.41, 5.74) is 0. The largest absolute Gasteiger partial charge is 0.474 e. The normalized spacial score (nSPS) is 11.6. The minimum Gasteiger partial charge on any atom is -0.474 e. The van der Waals surface area contributed by atoms with Crippen molar-refractivity contribution in [1.29, 1.82) is 0 Å². The van der Waals surface area contributed by atoms with Crippen LogP contribution in [0, 0.1) is 0 Å². The summed E-state index contributed by atoms with van der Waals surface area (Å²) in [4.78, 5) is 10.6. The SMILES string of the molecule is COC(=S)NCC(C)NC(C)=O. The maximum absolute atomic E-state index is 10.6. The van der Waals surface area contributed by atoms with E-state index < -0.39 is 0 Å². The summed E-state index contributed by atoms with van der Waals surface area (Å²) in [6.45, 7) is 3.93. The maximum atomic E-state index is 10.6. The molecule has 1 unspecified atom stereocenters. The average molecular weight is 190 g/mol. The highest BCUT2D eigenvalue weighted by atomic mass is 32.1. The number of carbonyl (C=O) groups excluding carboxylic acids is 1. The van der Waals surface area contributed by atoms with Crippen LogP contribution < -0.4 is 10.6 Å². The van der Waals surface area contributed by atoms with E-state index in [1.165, 1.54) is 14.0 Å². The highest BCUT2D eigenvalue weighted by molar-refractivity contribution is 7.80. The zero-order chi connectivity index (χ0) is 9.56. The topological polar surface area (TPSA) is 50.4 Å². The van der Waals surface area contributed by atoms with E-state index >= 15 is 0 Å². The minimum absolute atomic E-state index is 0.0485. The molecule has 0 heterocycles. The first kappa shape index (κ1) is 11.2. The van der Waals surface area contributed by atoms with Crippen LogP contribution in [-0.2, 0) is 9.53 Å². The molecule has 1 amide bonds. The van der Waals surface area contributed by atoms with E-state index in [9.17, 15) is 4.79 Å². The highest BCUT2D eigenvalue weighted by Crippen LogP contribution is 1.80. The van der Waals surface area contributed by atoms with Gasteiger partial charge in [0.05, 0.1) is 7.11 Å². The van der Waals surface area contributed by atoms with Crippen molar-refractivity contribution in [1.82, 2.24) is 10.6 Å². The van der Waals surface area contributed by atoms with E-state index in [4.69, 9.17) is 17.0 Å². The number of hydrogen-bond donors (Lipinski definition) is 2. The summed E-state index contributed by atoms with van der Waals surface area (Å²) < 4.78 is 4.71. The first-order chi connectivity index (χ1) is 5.56. The number of hydrogen-bond acceptors (Lipinski definition) is 3. The molecule has 0 spiro atoms. The minimum atomic E-state index is -0.0485. The van der Waals surface area contributed by atoms with Crippen molar-refractivity contribution in [2.45, 2.75) is 19.9 Å².